The molecule has 1 unspecified atom stereocenters. The van der Waals surface area contributed by atoms with E-state index < -0.39 is 0 Å². The van der Waals surface area contributed by atoms with Gasteiger partial charge in [-0.05, 0) is 41.8 Å². The Morgan fingerprint density at radius 2 is 2.05 bits per heavy atom. The SMILES string of the molecule is COc1cccc(C(C=O)Cc2ccc3c(c2)OCO3)c1. The summed E-state index contributed by atoms with van der Waals surface area (Å²) in [6.45, 7) is 0.256. The van der Waals surface area contributed by atoms with Crippen LogP contribution in [0, 0.1) is 0 Å². The second-order valence-corrected chi connectivity index (χ2v) is 4.91. The van der Waals surface area contributed by atoms with Crippen molar-refractivity contribution in [2.45, 2.75) is 12.3 Å². The van der Waals surface area contributed by atoms with Crippen LogP contribution in [0.1, 0.15) is 17.0 Å². The first-order valence-corrected chi connectivity index (χ1v) is 6.78. The lowest BCUT2D eigenvalue weighted by molar-refractivity contribution is -0.109. The Kier molecular flexibility index (Phi) is 3.77. The number of benzene rings is 2. The summed E-state index contributed by atoms with van der Waals surface area (Å²) in [6.07, 6.45) is 1.59. The van der Waals surface area contributed by atoms with E-state index in [1.165, 1.54) is 0 Å². The van der Waals surface area contributed by atoms with Crippen LogP contribution in [-0.4, -0.2) is 20.2 Å². The molecule has 0 saturated carbocycles. The summed E-state index contributed by atoms with van der Waals surface area (Å²) in [6, 6.07) is 13.4. The van der Waals surface area contributed by atoms with E-state index in [0.717, 1.165) is 34.7 Å². The molecule has 0 amide bonds. The van der Waals surface area contributed by atoms with Gasteiger partial charge in [0.05, 0.1) is 7.11 Å². The lowest BCUT2D eigenvalue weighted by Crippen LogP contribution is -2.04. The van der Waals surface area contributed by atoms with Gasteiger partial charge in [-0.25, -0.2) is 0 Å². The third-order valence-corrected chi connectivity index (χ3v) is 3.58. The number of ether oxygens (including phenoxy) is 3. The van der Waals surface area contributed by atoms with Gasteiger partial charge in [-0.3, -0.25) is 0 Å². The third-order valence-electron chi connectivity index (χ3n) is 3.58. The quantitative estimate of drug-likeness (QED) is 0.792. The van der Waals surface area contributed by atoms with Crippen molar-refractivity contribution in [3.8, 4) is 17.2 Å². The number of rotatable bonds is 5. The van der Waals surface area contributed by atoms with Gasteiger partial charge in [0.1, 0.15) is 12.0 Å². The minimum absolute atomic E-state index is 0.208. The molecule has 1 heterocycles. The number of aldehydes is 1. The summed E-state index contributed by atoms with van der Waals surface area (Å²) in [5, 5.41) is 0. The van der Waals surface area contributed by atoms with Crippen molar-refractivity contribution in [2.75, 3.05) is 13.9 Å². The molecule has 3 rings (SSSR count). The molecule has 1 atom stereocenters. The van der Waals surface area contributed by atoms with Crippen molar-refractivity contribution in [3.63, 3.8) is 0 Å². The number of hydrogen-bond acceptors (Lipinski definition) is 4. The molecular formula is C17H16O4. The first-order chi connectivity index (χ1) is 10.3. The minimum atomic E-state index is -0.208. The van der Waals surface area contributed by atoms with Crippen LogP contribution in [-0.2, 0) is 11.2 Å². The van der Waals surface area contributed by atoms with Gasteiger partial charge in [0.25, 0.3) is 0 Å². The molecule has 0 aromatic heterocycles. The Bertz CT molecular complexity index is 651. The number of fused-ring (bicyclic) bond motifs is 1. The van der Waals surface area contributed by atoms with Gasteiger partial charge >= 0.3 is 0 Å². The predicted molar refractivity (Wildman–Crippen MR) is 78.1 cm³/mol. The van der Waals surface area contributed by atoms with Crippen LogP contribution >= 0.6 is 0 Å². The van der Waals surface area contributed by atoms with E-state index >= 15 is 0 Å². The molecule has 0 spiro atoms. The number of hydrogen-bond donors (Lipinski definition) is 0. The lowest BCUT2D eigenvalue weighted by Gasteiger charge is -2.12. The smallest absolute Gasteiger partial charge is 0.231 e. The van der Waals surface area contributed by atoms with E-state index in [0.29, 0.717) is 6.42 Å². The largest absolute Gasteiger partial charge is 0.497 e. The van der Waals surface area contributed by atoms with E-state index in [2.05, 4.69) is 0 Å². The van der Waals surface area contributed by atoms with Gasteiger partial charge in [0, 0.05) is 5.92 Å². The molecule has 4 heteroatoms. The molecule has 1 aliphatic rings. The second-order valence-electron chi connectivity index (χ2n) is 4.91. The van der Waals surface area contributed by atoms with Crippen LogP contribution in [0.2, 0.25) is 0 Å². The molecule has 21 heavy (non-hydrogen) atoms. The highest BCUT2D eigenvalue weighted by Crippen LogP contribution is 2.34. The van der Waals surface area contributed by atoms with Crippen molar-refractivity contribution in [3.05, 3.63) is 53.6 Å². The lowest BCUT2D eigenvalue weighted by atomic mass is 9.93. The highest BCUT2D eigenvalue weighted by molar-refractivity contribution is 5.63. The van der Waals surface area contributed by atoms with Crippen LogP contribution in [0.15, 0.2) is 42.5 Å². The van der Waals surface area contributed by atoms with Crippen LogP contribution in [0.5, 0.6) is 17.2 Å². The zero-order chi connectivity index (χ0) is 14.7. The Labute approximate surface area is 123 Å². The van der Waals surface area contributed by atoms with Gasteiger partial charge in [0.2, 0.25) is 6.79 Å². The summed E-state index contributed by atoms with van der Waals surface area (Å²) in [7, 11) is 1.62. The average Bonchev–Trinajstić information content (AvgIpc) is 3.00. The fourth-order valence-corrected chi connectivity index (χ4v) is 2.44. The van der Waals surface area contributed by atoms with Crippen molar-refractivity contribution >= 4 is 6.29 Å². The standard InChI is InChI=1S/C17H16O4/c1-19-15-4-2-3-13(9-15)14(10-18)7-12-5-6-16-17(8-12)21-11-20-16/h2-6,8-10,14H,7,11H2,1H3. The average molecular weight is 284 g/mol. The summed E-state index contributed by atoms with van der Waals surface area (Å²) < 4.78 is 15.9. The summed E-state index contributed by atoms with van der Waals surface area (Å²) in [4.78, 5) is 11.4. The Morgan fingerprint density at radius 1 is 1.19 bits per heavy atom. The molecule has 108 valence electrons. The van der Waals surface area contributed by atoms with Crippen LogP contribution in [0.4, 0.5) is 0 Å². The van der Waals surface area contributed by atoms with Crippen molar-refractivity contribution in [2.24, 2.45) is 0 Å². The number of carbonyl (C=O) groups is 1. The van der Waals surface area contributed by atoms with E-state index in [1.807, 2.05) is 42.5 Å². The van der Waals surface area contributed by atoms with Gasteiger partial charge in [0.15, 0.2) is 11.5 Å². The first kappa shape index (κ1) is 13.5. The molecular weight excluding hydrogens is 268 g/mol. The molecule has 2 aromatic rings. The fraction of sp³-hybridized carbons (Fsp3) is 0.235. The van der Waals surface area contributed by atoms with E-state index in [-0.39, 0.29) is 12.7 Å². The molecule has 0 N–H and O–H groups in total. The highest BCUT2D eigenvalue weighted by atomic mass is 16.7. The van der Waals surface area contributed by atoms with Crippen molar-refractivity contribution < 1.29 is 19.0 Å². The molecule has 4 nitrogen and oxygen atoms in total. The molecule has 0 radical (unpaired) electrons. The van der Waals surface area contributed by atoms with Gasteiger partial charge in [-0.1, -0.05) is 18.2 Å². The fourth-order valence-electron chi connectivity index (χ4n) is 2.44. The Morgan fingerprint density at radius 3 is 2.86 bits per heavy atom. The molecule has 0 aliphatic carbocycles. The van der Waals surface area contributed by atoms with Gasteiger partial charge in [-0.2, -0.15) is 0 Å². The monoisotopic (exact) mass is 284 g/mol. The van der Waals surface area contributed by atoms with Gasteiger partial charge < -0.3 is 19.0 Å². The van der Waals surface area contributed by atoms with E-state index in [1.54, 1.807) is 7.11 Å². The third kappa shape index (κ3) is 2.84. The minimum Gasteiger partial charge on any atom is -0.497 e. The zero-order valence-electron chi connectivity index (χ0n) is 11.7. The highest BCUT2D eigenvalue weighted by Gasteiger charge is 2.16. The summed E-state index contributed by atoms with van der Waals surface area (Å²) >= 11 is 0. The zero-order valence-corrected chi connectivity index (χ0v) is 11.7. The van der Waals surface area contributed by atoms with E-state index in [9.17, 15) is 4.79 Å². The predicted octanol–water partition coefficient (Wildman–Crippen LogP) is 2.95. The van der Waals surface area contributed by atoms with Crippen molar-refractivity contribution in [1.29, 1.82) is 0 Å². The van der Waals surface area contributed by atoms with Crippen LogP contribution in [0.25, 0.3) is 0 Å². The maximum absolute atomic E-state index is 11.4. The number of methoxy groups -OCH3 is 1. The molecule has 0 saturated heterocycles. The molecule has 1 aliphatic heterocycles. The summed E-state index contributed by atoms with van der Waals surface area (Å²) in [5.74, 6) is 2.04. The van der Waals surface area contributed by atoms with Crippen LogP contribution < -0.4 is 14.2 Å². The first-order valence-electron chi connectivity index (χ1n) is 6.78. The maximum atomic E-state index is 11.4. The van der Waals surface area contributed by atoms with Crippen molar-refractivity contribution in [1.82, 2.24) is 0 Å². The Hall–Kier alpha value is -2.49. The second kappa shape index (κ2) is 5.87. The molecule has 0 fully saturated rings. The topological polar surface area (TPSA) is 44.8 Å². The summed E-state index contributed by atoms with van der Waals surface area (Å²) in [5.41, 5.74) is 1.99. The normalized spacial score (nSPS) is 13.8. The molecule has 2 aromatic carbocycles. The molecule has 0 bridgehead atoms. The maximum Gasteiger partial charge on any atom is 0.231 e. The van der Waals surface area contributed by atoms with E-state index in [4.69, 9.17) is 14.2 Å². The number of carbonyl (C=O) groups excluding carboxylic acids is 1. The Balaban J connectivity index is 1.82. The van der Waals surface area contributed by atoms with Crippen LogP contribution in [0.3, 0.4) is 0 Å². The van der Waals surface area contributed by atoms with Gasteiger partial charge in [-0.15, -0.1) is 0 Å².